The smallest absolute Gasteiger partial charge is 0.291 e. The minimum Gasteiger partial charge on any atom is -0.468 e. The lowest BCUT2D eigenvalue weighted by Gasteiger charge is -2.25. The summed E-state index contributed by atoms with van der Waals surface area (Å²) in [5.74, 6) is 1.34. The molecule has 1 aliphatic heterocycles. The maximum atomic E-state index is 13.1. The zero-order valence-corrected chi connectivity index (χ0v) is 17.7. The summed E-state index contributed by atoms with van der Waals surface area (Å²) in [6, 6.07) is 23.3. The second-order valence-corrected chi connectivity index (χ2v) is 7.86. The molecule has 162 valence electrons. The van der Waals surface area contributed by atoms with E-state index in [1.807, 2.05) is 72.8 Å². The summed E-state index contributed by atoms with van der Waals surface area (Å²) in [6.45, 7) is 2.44. The SMILES string of the molecule is O=C(NC[C@@H](c1ccco1)N1CCCC1)c1nc(-c2ccccc2)n(-c2ccccc2)n1. The van der Waals surface area contributed by atoms with E-state index in [0.29, 0.717) is 12.4 Å². The van der Waals surface area contributed by atoms with Gasteiger partial charge in [0.1, 0.15) is 5.76 Å². The van der Waals surface area contributed by atoms with Gasteiger partial charge in [0.2, 0.25) is 5.82 Å². The van der Waals surface area contributed by atoms with Gasteiger partial charge in [-0.05, 0) is 50.2 Å². The minimum atomic E-state index is -0.299. The Kier molecular flexibility index (Phi) is 5.81. The highest BCUT2D eigenvalue weighted by Gasteiger charge is 2.27. The van der Waals surface area contributed by atoms with Gasteiger partial charge < -0.3 is 9.73 Å². The molecule has 7 nitrogen and oxygen atoms in total. The Balaban J connectivity index is 1.40. The summed E-state index contributed by atoms with van der Waals surface area (Å²) in [6.07, 6.45) is 4.00. The van der Waals surface area contributed by atoms with Crippen molar-refractivity contribution in [2.24, 2.45) is 0 Å². The van der Waals surface area contributed by atoms with Gasteiger partial charge in [-0.2, -0.15) is 0 Å². The van der Waals surface area contributed by atoms with Crippen molar-refractivity contribution in [2.75, 3.05) is 19.6 Å². The molecule has 5 rings (SSSR count). The molecule has 0 saturated carbocycles. The molecular weight excluding hydrogens is 402 g/mol. The molecule has 1 fully saturated rings. The number of furan rings is 1. The van der Waals surface area contributed by atoms with Crippen molar-refractivity contribution in [3.05, 3.63) is 90.6 Å². The molecule has 1 aliphatic rings. The first kappa shape index (κ1) is 20.2. The second-order valence-electron chi connectivity index (χ2n) is 7.86. The van der Waals surface area contributed by atoms with Crippen molar-refractivity contribution in [2.45, 2.75) is 18.9 Å². The van der Waals surface area contributed by atoms with Gasteiger partial charge in [0, 0.05) is 12.1 Å². The fourth-order valence-corrected chi connectivity index (χ4v) is 4.14. The molecule has 1 saturated heterocycles. The standard InChI is InChI=1S/C25H25N5O2/c31-25(26-18-21(22-14-9-17-32-22)29-15-7-8-16-29)23-27-24(19-10-3-1-4-11-19)30(28-23)20-12-5-2-6-13-20/h1-6,9-14,17,21H,7-8,15-16,18H2,(H,26,31)/t21-/m0/s1. The summed E-state index contributed by atoms with van der Waals surface area (Å²) in [5, 5.41) is 7.58. The molecule has 1 atom stereocenters. The molecule has 2 aromatic carbocycles. The quantitative estimate of drug-likeness (QED) is 0.481. The van der Waals surface area contributed by atoms with Gasteiger partial charge in [-0.1, -0.05) is 48.5 Å². The Hall–Kier alpha value is -3.71. The van der Waals surface area contributed by atoms with Crippen molar-refractivity contribution >= 4 is 5.91 Å². The third kappa shape index (κ3) is 4.20. The summed E-state index contributed by atoms with van der Waals surface area (Å²) in [5.41, 5.74) is 1.75. The number of nitrogens with one attached hydrogen (secondary N) is 1. The van der Waals surface area contributed by atoms with Gasteiger partial charge in [0.15, 0.2) is 5.82 Å². The van der Waals surface area contributed by atoms with E-state index < -0.39 is 0 Å². The number of nitrogens with zero attached hydrogens (tertiary/aromatic N) is 4. The molecule has 0 aliphatic carbocycles. The van der Waals surface area contributed by atoms with E-state index in [2.05, 4.69) is 20.3 Å². The molecule has 0 unspecified atom stereocenters. The molecule has 32 heavy (non-hydrogen) atoms. The Morgan fingerprint density at radius 3 is 2.38 bits per heavy atom. The van der Waals surface area contributed by atoms with Gasteiger partial charge >= 0.3 is 0 Å². The number of carbonyl (C=O) groups is 1. The van der Waals surface area contributed by atoms with Crippen LogP contribution in [0.5, 0.6) is 0 Å². The monoisotopic (exact) mass is 427 g/mol. The lowest BCUT2D eigenvalue weighted by molar-refractivity contribution is 0.0923. The number of para-hydroxylation sites is 1. The minimum absolute atomic E-state index is 0.00116. The summed E-state index contributed by atoms with van der Waals surface area (Å²) in [7, 11) is 0. The number of likely N-dealkylation sites (tertiary alicyclic amines) is 1. The number of carbonyl (C=O) groups excluding carboxylic acids is 1. The van der Waals surface area contributed by atoms with Crippen LogP contribution in [-0.2, 0) is 0 Å². The number of hydrogen-bond donors (Lipinski definition) is 1. The van der Waals surface area contributed by atoms with Gasteiger partial charge in [-0.3, -0.25) is 9.69 Å². The maximum absolute atomic E-state index is 13.1. The molecule has 2 aromatic heterocycles. The van der Waals surface area contributed by atoms with Gasteiger partial charge in [0.05, 0.1) is 18.0 Å². The van der Waals surface area contributed by atoms with Gasteiger partial charge in [0.25, 0.3) is 5.91 Å². The lowest BCUT2D eigenvalue weighted by atomic mass is 10.2. The van der Waals surface area contributed by atoms with Crippen LogP contribution in [0.15, 0.2) is 83.5 Å². The topological polar surface area (TPSA) is 76.2 Å². The van der Waals surface area contributed by atoms with Crippen LogP contribution in [-0.4, -0.2) is 45.2 Å². The van der Waals surface area contributed by atoms with Crippen LogP contribution in [0.2, 0.25) is 0 Å². The first-order valence-corrected chi connectivity index (χ1v) is 10.9. The molecule has 0 radical (unpaired) electrons. The van der Waals surface area contributed by atoms with Crippen molar-refractivity contribution < 1.29 is 9.21 Å². The summed E-state index contributed by atoms with van der Waals surface area (Å²) < 4.78 is 7.37. The Morgan fingerprint density at radius 1 is 0.969 bits per heavy atom. The Bertz CT molecular complexity index is 1090. The molecule has 4 aromatic rings. The predicted molar refractivity (Wildman–Crippen MR) is 121 cm³/mol. The fraction of sp³-hybridized carbons (Fsp3) is 0.240. The Labute approximate surface area is 186 Å². The summed E-state index contributed by atoms with van der Waals surface area (Å²) in [4.78, 5) is 20.0. The average molecular weight is 428 g/mol. The van der Waals surface area contributed by atoms with Crippen LogP contribution >= 0.6 is 0 Å². The van der Waals surface area contributed by atoms with Crippen molar-refractivity contribution in [3.63, 3.8) is 0 Å². The van der Waals surface area contributed by atoms with E-state index in [-0.39, 0.29) is 17.8 Å². The molecule has 0 bridgehead atoms. The number of amides is 1. The van der Waals surface area contributed by atoms with Crippen LogP contribution in [0.25, 0.3) is 17.1 Å². The normalized spacial score (nSPS) is 15.0. The first-order valence-electron chi connectivity index (χ1n) is 10.9. The van der Waals surface area contributed by atoms with Crippen LogP contribution in [0, 0.1) is 0 Å². The van der Waals surface area contributed by atoms with Crippen molar-refractivity contribution in [1.82, 2.24) is 25.0 Å². The van der Waals surface area contributed by atoms with E-state index in [1.54, 1.807) is 10.9 Å². The second kappa shape index (κ2) is 9.20. The molecule has 1 amide bonds. The largest absolute Gasteiger partial charge is 0.468 e. The van der Waals surface area contributed by atoms with Gasteiger partial charge in [-0.15, -0.1) is 5.10 Å². The highest BCUT2D eigenvalue weighted by Crippen LogP contribution is 2.25. The van der Waals surface area contributed by atoms with Crippen LogP contribution in [0.1, 0.15) is 35.3 Å². The highest BCUT2D eigenvalue weighted by molar-refractivity contribution is 5.91. The Morgan fingerprint density at radius 2 is 1.69 bits per heavy atom. The van der Waals surface area contributed by atoms with E-state index >= 15 is 0 Å². The number of aromatic nitrogens is 3. The number of hydrogen-bond acceptors (Lipinski definition) is 5. The van der Waals surface area contributed by atoms with Crippen LogP contribution in [0.3, 0.4) is 0 Å². The zero-order chi connectivity index (χ0) is 21.8. The van der Waals surface area contributed by atoms with Crippen LogP contribution in [0.4, 0.5) is 0 Å². The third-order valence-corrected chi connectivity index (χ3v) is 5.75. The molecule has 1 N–H and O–H groups in total. The third-order valence-electron chi connectivity index (χ3n) is 5.75. The zero-order valence-electron chi connectivity index (χ0n) is 17.7. The lowest BCUT2D eigenvalue weighted by Crippen LogP contribution is -2.37. The molecular formula is C25H25N5O2. The number of benzene rings is 2. The summed E-state index contributed by atoms with van der Waals surface area (Å²) >= 11 is 0. The molecule has 7 heteroatoms. The predicted octanol–water partition coefficient (Wildman–Crippen LogP) is 4.09. The van der Waals surface area contributed by atoms with E-state index in [0.717, 1.165) is 42.9 Å². The maximum Gasteiger partial charge on any atom is 0.291 e. The molecule has 3 heterocycles. The molecule has 0 spiro atoms. The van der Waals surface area contributed by atoms with E-state index in [9.17, 15) is 4.79 Å². The van der Waals surface area contributed by atoms with Gasteiger partial charge in [-0.25, -0.2) is 9.67 Å². The fourth-order valence-electron chi connectivity index (χ4n) is 4.14. The van der Waals surface area contributed by atoms with E-state index in [1.165, 1.54) is 0 Å². The van der Waals surface area contributed by atoms with Crippen molar-refractivity contribution in [1.29, 1.82) is 0 Å². The van der Waals surface area contributed by atoms with Crippen LogP contribution < -0.4 is 5.32 Å². The highest BCUT2D eigenvalue weighted by atomic mass is 16.3. The first-order chi connectivity index (χ1) is 15.8. The average Bonchev–Trinajstić information content (AvgIpc) is 3.63. The van der Waals surface area contributed by atoms with Crippen molar-refractivity contribution in [3.8, 4) is 17.1 Å². The van der Waals surface area contributed by atoms with E-state index in [4.69, 9.17) is 4.42 Å². The number of rotatable bonds is 7.